The lowest BCUT2D eigenvalue weighted by molar-refractivity contribution is -0.132. The van der Waals surface area contributed by atoms with Crippen molar-refractivity contribution in [1.29, 1.82) is 0 Å². The predicted octanol–water partition coefficient (Wildman–Crippen LogP) is 3.06. The minimum Gasteiger partial charge on any atom is -0.337 e. The predicted molar refractivity (Wildman–Crippen MR) is 98.3 cm³/mol. The van der Waals surface area contributed by atoms with Crippen molar-refractivity contribution in [3.63, 3.8) is 0 Å². The second kappa shape index (κ2) is 7.07. The summed E-state index contributed by atoms with van der Waals surface area (Å²) in [6, 6.07) is 12.9. The number of fused-ring (bicyclic) bond motifs is 1. The molecule has 0 radical (unpaired) electrons. The van der Waals surface area contributed by atoms with E-state index in [-0.39, 0.29) is 29.9 Å². The monoisotopic (exact) mass is 353 g/mol. The molecular weight excluding hydrogens is 333 g/mol. The van der Waals surface area contributed by atoms with Crippen LogP contribution < -0.4 is 5.56 Å². The maximum atomic E-state index is 13.1. The van der Waals surface area contributed by atoms with E-state index in [9.17, 15) is 14.0 Å². The summed E-state index contributed by atoms with van der Waals surface area (Å²) >= 11 is 0. The first-order chi connectivity index (χ1) is 12.4. The molecule has 1 atom stereocenters. The average molecular weight is 353 g/mol. The van der Waals surface area contributed by atoms with Gasteiger partial charge in [-0.05, 0) is 43.7 Å². The fourth-order valence-electron chi connectivity index (χ4n) is 2.89. The summed E-state index contributed by atoms with van der Waals surface area (Å²) < 4.78 is 14.5. The first-order valence-corrected chi connectivity index (χ1v) is 8.36. The van der Waals surface area contributed by atoms with E-state index < -0.39 is 0 Å². The van der Waals surface area contributed by atoms with Gasteiger partial charge in [0.05, 0.1) is 16.9 Å². The molecule has 26 heavy (non-hydrogen) atoms. The molecule has 134 valence electrons. The summed E-state index contributed by atoms with van der Waals surface area (Å²) in [5.74, 6) is -0.0478. The summed E-state index contributed by atoms with van der Waals surface area (Å²) in [6.07, 6.45) is 0. The lowest BCUT2D eigenvalue weighted by Gasteiger charge is -2.26. The summed E-state index contributed by atoms with van der Waals surface area (Å²) in [5, 5.41) is 0.486. The molecule has 2 aromatic carbocycles. The van der Waals surface area contributed by atoms with Crippen molar-refractivity contribution in [3.8, 4) is 0 Å². The van der Waals surface area contributed by atoms with E-state index in [1.165, 1.54) is 16.7 Å². The highest BCUT2D eigenvalue weighted by atomic mass is 19.1. The van der Waals surface area contributed by atoms with Gasteiger partial charge in [0.1, 0.15) is 18.2 Å². The number of carbonyl (C=O) groups excluding carboxylic acids is 1. The van der Waals surface area contributed by atoms with Gasteiger partial charge < -0.3 is 4.90 Å². The maximum Gasteiger partial charge on any atom is 0.261 e. The molecule has 0 aliphatic rings. The maximum absolute atomic E-state index is 13.1. The van der Waals surface area contributed by atoms with Crippen molar-refractivity contribution in [2.45, 2.75) is 26.4 Å². The van der Waals surface area contributed by atoms with Crippen LogP contribution in [0.1, 0.15) is 24.4 Å². The van der Waals surface area contributed by atoms with Gasteiger partial charge in [-0.3, -0.25) is 14.2 Å². The number of hydrogen-bond donors (Lipinski definition) is 0. The number of benzene rings is 2. The molecule has 1 aromatic heterocycles. The minimum absolute atomic E-state index is 0.0927. The second-order valence-electron chi connectivity index (χ2n) is 6.30. The third kappa shape index (κ3) is 3.35. The number of carbonyl (C=O) groups is 1. The van der Waals surface area contributed by atoms with Gasteiger partial charge in [0.2, 0.25) is 5.91 Å². The SMILES string of the molecule is Cc1nc2ccccc2c(=O)n1CC(=O)N(C)C(C)c1ccc(F)cc1. The molecule has 0 saturated heterocycles. The Balaban J connectivity index is 1.86. The zero-order chi connectivity index (χ0) is 18.8. The number of likely N-dealkylation sites (N-methyl/N-ethyl adjacent to an activating group) is 1. The Bertz CT molecular complexity index is 1010. The van der Waals surface area contributed by atoms with Gasteiger partial charge in [-0.25, -0.2) is 9.37 Å². The van der Waals surface area contributed by atoms with Gasteiger partial charge in [0.25, 0.3) is 5.56 Å². The van der Waals surface area contributed by atoms with Crippen molar-refractivity contribution in [2.75, 3.05) is 7.05 Å². The Morgan fingerprint density at radius 1 is 1.19 bits per heavy atom. The quantitative estimate of drug-likeness (QED) is 0.724. The first-order valence-electron chi connectivity index (χ1n) is 8.36. The van der Waals surface area contributed by atoms with Crippen molar-refractivity contribution in [1.82, 2.24) is 14.5 Å². The topological polar surface area (TPSA) is 55.2 Å². The van der Waals surface area contributed by atoms with Crippen LogP contribution in [-0.2, 0) is 11.3 Å². The number of hydrogen-bond acceptors (Lipinski definition) is 3. The Kier molecular flexibility index (Phi) is 4.84. The number of amides is 1. The van der Waals surface area contributed by atoms with Crippen molar-refractivity contribution in [2.24, 2.45) is 0 Å². The Hall–Kier alpha value is -3.02. The van der Waals surface area contributed by atoms with Crippen LogP contribution in [0.5, 0.6) is 0 Å². The minimum atomic E-state index is -0.320. The molecular formula is C20H20FN3O2. The zero-order valence-corrected chi connectivity index (χ0v) is 14.9. The highest BCUT2D eigenvalue weighted by Crippen LogP contribution is 2.19. The van der Waals surface area contributed by atoms with E-state index in [4.69, 9.17) is 0 Å². The average Bonchev–Trinajstić information content (AvgIpc) is 2.64. The standard InChI is InChI=1S/C20H20FN3O2/c1-13(15-8-10-16(21)11-9-15)23(3)19(25)12-24-14(2)22-18-7-5-4-6-17(18)20(24)26/h4-11,13H,12H2,1-3H3. The van der Waals surface area contributed by atoms with Crippen LogP contribution in [0, 0.1) is 12.7 Å². The summed E-state index contributed by atoms with van der Waals surface area (Å²) in [6.45, 7) is 3.48. The highest BCUT2D eigenvalue weighted by molar-refractivity contribution is 5.79. The molecule has 0 aliphatic carbocycles. The number of para-hydroxylation sites is 1. The number of rotatable bonds is 4. The molecule has 0 N–H and O–H groups in total. The molecule has 3 rings (SSSR count). The van der Waals surface area contributed by atoms with Crippen molar-refractivity contribution in [3.05, 3.63) is 76.1 Å². The van der Waals surface area contributed by atoms with E-state index in [2.05, 4.69) is 4.98 Å². The fraction of sp³-hybridized carbons (Fsp3) is 0.250. The van der Waals surface area contributed by atoms with Crippen molar-refractivity contribution < 1.29 is 9.18 Å². The van der Waals surface area contributed by atoms with E-state index in [0.717, 1.165) is 5.56 Å². The number of aryl methyl sites for hydroxylation is 1. The molecule has 0 aliphatic heterocycles. The van der Waals surface area contributed by atoms with E-state index in [1.54, 1.807) is 49.2 Å². The lowest BCUT2D eigenvalue weighted by Crippen LogP contribution is -2.36. The van der Waals surface area contributed by atoms with Crippen LogP contribution in [0.2, 0.25) is 0 Å². The van der Waals surface area contributed by atoms with Crippen LogP contribution in [-0.4, -0.2) is 27.4 Å². The highest BCUT2D eigenvalue weighted by Gasteiger charge is 2.19. The molecule has 0 fully saturated rings. The molecule has 6 heteroatoms. The molecule has 1 unspecified atom stereocenters. The smallest absolute Gasteiger partial charge is 0.261 e. The van der Waals surface area contributed by atoms with Gasteiger partial charge in [0.15, 0.2) is 0 Å². The van der Waals surface area contributed by atoms with E-state index >= 15 is 0 Å². The molecule has 0 saturated carbocycles. The second-order valence-corrected chi connectivity index (χ2v) is 6.30. The summed E-state index contributed by atoms with van der Waals surface area (Å²) in [5.41, 5.74) is 1.21. The molecule has 0 spiro atoms. The Morgan fingerprint density at radius 2 is 1.85 bits per heavy atom. The van der Waals surface area contributed by atoms with Crippen LogP contribution in [0.15, 0.2) is 53.3 Å². The third-order valence-electron chi connectivity index (χ3n) is 4.67. The molecule has 3 aromatic rings. The number of halogens is 1. The lowest BCUT2D eigenvalue weighted by atomic mass is 10.1. The van der Waals surface area contributed by atoms with Crippen LogP contribution in [0.4, 0.5) is 4.39 Å². The molecule has 1 heterocycles. The van der Waals surface area contributed by atoms with Gasteiger partial charge in [-0.1, -0.05) is 24.3 Å². The van der Waals surface area contributed by atoms with Gasteiger partial charge in [0, 0.05) is 7.05 Å². The number of aromatic nitrogens is 2. The first kappa shape index (κ1) is 17.8. The number of nitrogens with zero attached hydrogens (tertiary/aromatic N) is 3. The van der Waals surface area contributed by atoms with Crippen LogP contribution >= 0.6 is 0 Å². The van der Waals surface area contributed by atoms with Crippen molar-refractivity contribution >= 4 is 16.8 Å². The third-order valence-corrected chi connectivity index (χ3v) is 4.67. The van der Waals surface area contributed by atoms with Gasteiger partial charge in [-0.2, -0.15) is 0 Å². The zero-order valence-electron chi connectivity index (χ0n) is 14.9. The summed E-state index contributed by atoms with van der Waals surface area (Å²) in [4.78, 5) is 31.4. The fourth-order valence-corrected chi connectivity index (χ4v) is 2.89. The molecule has 5 nitrogen and oxygen atoms in total. The molecule has 0 bridgehead atoms. The van der Waals surface area contributed by atoms with E-state index in [0.29, 0.717) is 16.7 Å². The van der Waals surface area contributed by atoms with Gasteiger partial charge in [-0.15, -0.1) is 0 Å². The normalized spacial score (nSPS) is 12.2. The van der Waals surface area contributed by atoms with E-state index in [1.807, 2.05) is 13.0 Å². The Labute approximate surface area is 150 Å². The Morgan fingerprint density at radius 3 is 2.54 bits per heavy atom. The molecule has 1 amide bonds. The van der Waals surface area contributed by atoms with Crippen LogP contribution in [0.25, 0.3) is 10.9 Å². The van der Waals surface area contributed by atoms with Crippen LogP contribution in [0.3, 0.4) is 0 Å². The summed E-state index contributed by atoms with van der Waals surface area (Å²) in [7, 11) is 1.67. The van der Waals surface area contributed by atoms with Gasteiger partial charge >= 0.3 is 0 Å². The largest absolute Gasteiger partial charge is 0.337 e.